The van der Waals surface area contributed by atoms with Crippen LogP contribution in [0.15, 0.2) is 53.8 Å². The highest BCUT2D eigenvalue weighted by molar-refractivity contribution is 5.82. The molecule has 4 nitrogen and oxygen atoms in total. The minimum absolute atomic E-state index is 0.0215. The highest BCUT2D eigenvalue weighted by Crippen LogP contribution is 2.38. The number of amides is 1. The van der Waals surface area contributed by atoms with Crippen molar-refractivity contribution in [1.29, 1.82) is 0 Å². The Morgan fingerprint density at radius 2 is 2.05 bits per heavy atom. The summed E-state index contributed by atoms with van der Waals surface area (Å²) in [5.74, 6) is 0.593. The average molecular weight is 253 g/mol. The monoisotopic (exact) mass is 253 g/mol. The molecule has 96 valence electrons. The number of para-hydroxylation sites is 1. The van der Waals surface area contributed by atoms with E-state index in [0.717, 1.165) is 12.1 Å². The minimum Gasteiger partial charge on any atom is -0.272 e. The third kappa shape index (κ3) is 2.62. The van der Waals surface area contributed by atoms with E-state index in [1.807, 2.05) is 42.6 Å². The zero-order chi connectivity index (χ0) is 13.2. The molecule has 1 aliphatic rings. The molecule has 2 aromatic rings. The summed E-state index contributed by atoms with van der Waals surface area (Å²) < 4.78 is 1.75. The van der Waals surface area contributed by atoms with Crippen molar-refractivity contribution < 1.29 is 4.79 Å². The first-order chi connectivity index (χ1) is 9.24. The fraction of sp³-hybridized carbons (Fsp3) is 0.267. The highest BCUT2D eigenvalue weighted by atomic mass is 16.1. The Morgan fingerprint density at radius 3 is 2.63 bits per heavy atom. The molecule has 1 fully saturated rings. The van der Waals surface area contributed by atoms with E-state index in [1.165, 1.54) is 0 Å². The number of carbonyl (C=O) groups excluding carboxylic acids is 1. The molecule has 3 rings (SSSR count). The zero-order valence-corrected chi connectivity index (χ0v) is 10.7. The van der Waals surface area contributed by atoms with E-state index < -0.39 is 0 Å². The van der Waals surface area contributed by atoms with Crippen LogP contribution in [0.25, 0.3) is 5.69 Å². The van der Waals surface area contributed by atoms with E-state index in [0.29, 0.717) is 11.3 Å². The van der Waals surface area contributed by atoms with E-state index in [9.17, 15) is 4.79 Å². The van der Waals surface area contributed by atoms with Crippen LogP contribution in [-0.2, 0) is 4.79 Å². The normalized spacial score (nSPS) is 22.3. The highest BCUT2D eigenvalue weighted by Gasteiger charge is 2.38. The molecule has 0 radical (unpaired) electrons. The molecule has 19 heavy (non-hydrogen) atoms. The van der Waals surface area contributed by atoms with E-state index in [4.69, 9.17) is 0 Å². The van der Waals surface area contributed by atoms with Crippen molar-refractivity contribution in [2.45, 2.75) is 13.3 Å². The van der Waals surface area contributed by atoms with Gasteiger partial charge in [-0.15, -0.1) is 0 Å². The molecule has 1 aromatic carbocycles. The van der Waals surface area contributed by atoms with Crippen molar-refractivity contribution >= 4 is 5.91 Å². The molecule has 4 heteroatoms. The summed E-state index contributed by atoms with van der Waals surface area (Å²) in [4.78, 5) is 15.8. The first-order valence-corrected chi connectivity index (χ1v) is 6.43. The Balaban J connectivity index is 1.83. The van der Waals surface area contributed by atoms with Crippen molar-refractivity contribution in [1.82, 2.24) is 9.78 Å². The number of nitrogens with zero attached hydrogens (tertiary/aromatic N) is 3. The summed E-state index contributed by atoms with van der Waals surface area (Å²) in [7, 11) is 0. The smallest absolute Gasteiger partial charge is 0.249 e. The Kier molecular flexibility index (Phi) is 2.99. The molecule has 2 atom stereocenters. The molecule has 1 amide bonds. The van der Waals surface area contributed by atoms with Crippen molar-refractivity contribution in [2.75, 3.05) is 0 Å². The van der Waals surface area contributed by atoms with Gasteiger partial charge in [0.15, 0.2) is 0 Å². The van der Waals surface area contributed by atoms with E-state index in [1.54, 1.807) is 10.9 Å². The van der Waals surface area contributed by atoms with Crippen LogP contribution in [0.1, 0.15) is 13.3 Å². The maximum Gasteiger partial charge on any atom is 0.249 e. The second-order valence-electron chi connectivity index (χ2n) is 4.93. The van der Waals surface area contributed by atoms with E-state index >= 15 is 0 Å². The molecule has 2 unspecified atom stereocenters. The van der Waals surface area contributed by atoms with E-state index in [2.05, 4.69) is 17.0 Å². The van der Waals surface area contributed by atoms with Crippen molar-refractivity contribution in [3.8, 4) is 5.69 Å². The number of aromatic nitrogens is 2. The third-order valence-corrected chi connectivity index (χ3v) is 3.39. The predicted molar refractivity (Wildman–Crippen MR) is 71.4 cm³/mol. The molecule has 0 saturated heterocycles. The van der Waals surface area contributed by atoms with Gasteiger partial charge in [-0.25, -0.2) is 9.67 Å². The predicted octanol–water partition coefficient (Wildman–Crippen LogP) is 1.96. The van der Waals surface area contributed by atoms with Crippen LogP contribution in [0.4, 0.5) is 0 Å². The third-order valence-electron chi connectivity index (χ3n) is 3.39. The summed E-state index contributed by atoms with van der Waals surface area (Å²) in [5.41, 5.74) is 0.983. The summed E-state index contributed by atoms with van der Waals surface area (Å²) in [5, 5.41) is 4.89. The molecule has 0 aliphatic heterocycles. The quantitative estimate of drug-likeness (QED) is 0.821. The molecular weight excluding hydrogens is 238 g/mol. The molecule has 1 saturated carbocycles. The number of rotatable bonds is 2. The Hall–Kier alpha value is -2.23. The second-order valence-corrected chi connectivity index (χ2v) is 4.93. The van der Waals surface area contributed by atoms with E-state index in [-0.39, 0.29) is 11.8 Å². The summed E-state index contributed by atoms with van der Waals surface area (Å²) in [6, 6.07) is 11.6. The van der Waals surface area contributed by atoms with Crippen LogP contribution in [-0.4, -0.2) is 15.7 Å². The Bertz CT molecular complexity index is 640. The fourth-order valence-electron chi connectivity index (χ4n) is 2.03. The van der Waals surface area contributed by atoms with Gasteiger partial charge in [0.2, 0.25) is 5.91 Å². The molecule has 1 heterocycles. The van der Waals surface area contributed by atoms with Crippen LogP contribution < -0.4 is 5.36 Å². The lowest BCUT2D eigenvalue weighted by molar-refractivity contribution is -0.119. The van der Waals surface area contributed by atoms with Crippen LogP contribution in [0, 0.1) is 11.8 Å². The van der Waals surface area contributed by atoms with Gasteiger partial charge in [-0.3, -0.25) is 4.79 Å². The largest absolute Gasteiger partial charge is 0.272 e. The van der Waals surface area contributed by atoms with Crippen molar-refractivity contribution in [2.24, 2.45) is 16.8 Å². The Labute approximate surface area is 111 Å². The zero-order valence-electron chi connectivity index (χ0n) is 10.7. The summed E-state index contributed by atoms with van der Waals surface area (Å²) >= 11 is 0. The maximum absolute atomic E-state index is 11.7. The first kappa shape index (κ1) is 11.8. The molecule has 0 bridgehead atoms. The molecular formula is C15H15N3O. The van der Waals surface area contributed by atoms with Gasteiger partial charge in [0, 0.05) is 12.1 Å². The summed E-state index contributed by atoms with van der Waals surface area (Å²) in [6.45, 7) is 2.07. The molecule has 0 spiro atoms. The van der Waals surface area contributed by atoms with Crippen molar-refractivity contribution in [3.63, 3.8) is 0 Å². The maximum atomic E-state index is 11.7. The van der Waals surface area contributed by atoms with Gasteiger partial charge in [0.1, 0.15) is 0 Å². The van der Waals surface area contributed by atoms with Crippen molar-refractivity contribution in [3.05, 3.63) is 54.1 Å². The Morgan fingerprint density at radius 1 is 1.32 bits per heavy atom. The van der Waals surface area contributed by atoms with Crippen LogP contribution in [0.3, 0.4) is 0 Å². The first-order valence-electron chi connectivity index (χ1n) is 6.43. The van der Waals surface area contributed by atoms with Gasteiger partial charge >= 0.3 is 0 Å². The topological polar surface area (TPSA) is 47.2 Å². The summed E-state index contributed by atoms with van der Waals surface area (Å²) in [6.07, 6.45) is 4.41. The van der Waals surface area contributed by atoms with Gasteiger partial charge in [0.05, 0.1) is 17.2 Å². The average Bonchev–Trinajstić information content (AvgIpc) is 3.18. The molecule has 1 aromatic heterocycles. The van der Waals surface area contributed by atoms with Gasteiger partial charge < -0.3 is 0 Å². The van der Waals surface area contributed by atoms with Crippen LogP contribution in [0.5, 0.6) is 0 Å². The van der Waals surface area contributed by atoms with Gasteiger partial charge in [-0.1, -0.05) is 25.1 Å². The number of carbonyl (C=O) groups is 1. The van der Waals surface area contributed by atoms with Crippen LogP contribution in [0.2, 0.25) is 0 Å². The fourth-order valence-corrected chi connectivity index (χ4v) is 2.03. The van der Waals surface area contributed by atoms with Gasteiger partial charge in [-0.05, 0) is 30.5 Å². The lowest BCUT2D eigenvalue weighted by Crippen LogP contribution is -2.12. The lowest BCUT2D eigenvalue weighted by atomic mass is 10.3. The minimum atomic E-state index is -0.0215. The SMILES string of the molecule is CC1CC1C(=O)N=c1ccn(-c2ccccc2)nc1. The van der Waals surface area contributed by atoms with Gasteiger partial charge in [-0.2, -0.15) is 5.10 Å². The lowest BCUT2D eigenvalue weighted by Gasteiger charge is -2.03. The van der Waals surface area contributed by atoms with Gasteiger partial charge in [0.25, 0.3) is 0 Å². The van der Waals surface area contributed by atoms with Crippen LogP contribution >= 0.6 is 0 Å². The standard InChI is InChI=1S/C15H15N3O/c1-11-9-14(11)15(19)17-12-7-8-18(16-10-12)13-5-3-2-4-6-13/h2-8,10-11,14H,9H2,1H3. The molecule has 1 aliphatic carbocycles. The number of benzene rings is 1. The number of hydrogen-bond donors (Lipinski definition) is 0. The second kappa shape index (κ2) is 4.80. The molecule has 0 N–H and O–H groups in total. The number of hydrogen-bond acceptors (Lipinski definition) is 2.